The predicted octanol–water partition coefficient (Wildman–Crippen LogP) is 2.24. The van der Waals surface area contributed by atoms with Crippen molar-refractivity contribution in [1.29, 1.82) is 0 Å². The lowest BCUT2D eigenvalue weighted by Gasteiger charge is -2.09. The van der Waals surface area contributed by atoms with E-state index in [4.69, 9.17) is 4.18 Å². The lowest BCUT2D eigenvalue weighted by atomic mass is 10.1. The summed E-state index contributed by atoms with van der Waals surface area (Å²) in [4.78, 5) is 12.1. The molecule has 1 aliphatic rings. The molecule has 0 fully saturated rings. The highest BCUT2D eigenvalue weighted by atomic mass is 32.2. The van der Waals surface area contributed by atoms with Gasteiger partial charge in [0.2, 0.25) is 0 Å². The Bertz CT molecular complexity index is 869. The maximum Gasteiger partial charge on any atom is 0.338 e. The van der Waals surface area contributed by atoms with Gasteiger partial charge in [0, 0.05) is 0 Å². The van der Waals surface area contributed by atoms with Crippen LogP contribution in [0.3, 0.4) is 0 Å². The Morgan fingerprint density at radius 3 is 2.30 bits per heavy atom. The Kier molecular flexibility index (Phi) is 3.92. The van der Waals surface area contributed by atoms with E-state index >= 15 is 0 Å². The molecule has 5 nitrogen and oxygen atoms in total. The molecule has 118 valence electrons. The minimum Gasteiger partial charge on any atom is -0.381 e. The molecule has 0 bridgehead atoms. The Hall–Kier alpha value is -2.60. The van der Waals surface area contributed by atoms with E-state index < -0.39 is 10.1 Å². The Morgan fingerprint density at radius 1 is 1.00 bits per heavy atom. The average Bonchev–Trinajstić information content (AvgIpc) is 2.88. The quantitative estimate of drug-likeness (QED) is 0.873. The van der Waals surface area contributed by atoms with Gasteiger partial charge in [-0.15, -0.1) is 0 Å². The molecule has 0 aromatic heterocycles. The average molecular weight is 329 g/mol. The van der Waals surface area contributed by atoms with Crippen molar-refractivity contribution in [3.63, 3.8) is 0 Å². The zero-order chi connectivity index (χ0) is 16.4. The van der Waals surface area contributed by atoms with Gasteiger partial charge < -0.3 is 9.50 Å². The highest BCUT2D eigenvalue weighted by Gasteiger charge is 2.29. The van der Waals surface area contributed by atoms with Gasteiger partial charge in [0.25, 0.3) is 5.91 Å². The van der Waals surface area contributed by atoms with Gasteiger partial charge in [0.1, 0.15) is 4.90 Å². The van der Waals surface area contributed by atoms with Crippen molar-refractivity contribution >= 4 is 21.6 Å². The highest BCUT2D eigenvalue weighted by molar-refractivity contribution is 7.86. The molecule has 23 heavy (non-hydrogen) atoms. The second-order valence-electron chi connectivity index (χ2n) is 5.20. The minimum absolute atomic E-state index is 0.0498. The number of rotatable bonds is 4. The second-order valence-corrected chi connectivity index (χ2v) is 6.74. The molecule has 1 heterocycles. The lowest BCUT2D eigenvalue weighted by Crippen LogP contribution is -2.17. The van der Waals surface area contributed by atoms with E-state index in [0.717, 1.165) is 5.56 Å². The van der Waals surface area contributed by atoms with Crippen LogP contribution in [-0.4, -0.2) is 20.9 Å². The van der Waals surface area contributed by atoms with Gasteiger partial charge in [-0.25, -0.2) is 0 Å². The normalized spacial score (nSPS) is 14.7. The fraction of sp³-hybridized carbons (Fsp3) is 0.118. The van der Waals surface area contributed by atoms with E-state index in [1.165, 1.54) is 12.1 Å². The molecule has 1 aliphatic heterocycles. The minimum atomic E-state index is -3.97. The number of nitrogens with one attached hydrogen (secondary N) is 1. The zero-order valence-electron chi connectivity index (χ0n) is 12.4. The first-order valence-corrected chi connectivity index (χ1v) is 8.46. The van der Waals surface area contributed by atoms with Crippen LogP contribution in [0, 0.1) is 6.92 Å². The molecule has 0 saturated carbocycles. The molecule has 2 aromatic rings. The number of benzene rings is 2. The molecule has 0 spiro atoms. The van der Waals surface area contributed by atoms with Crippen molar-refractivity contribution in [1.82, 2.24) is 5.32 Å². The maximum atomic E-state index is 12.4. The van der Waals surface area contributed by atoms with Gasteiger partial charge in [-0.05, 0) is 24.6 Å². The van der Waals surface area contributed by atoms with Crippen molar-refractivity contribution in [2.75, 3.05) is 6.54 Å². The summed E-state index contributed by atoms with van der Waals surface area (Å²) in [5, 5.41) is 2.60. The SMILES string of the molecule is Cc1ccc(S(=O)(=O)OC2=C(c3ccccc3)C(=O)NC2)cc1. The number of aryl methyl sites for hydroxylation is 1. The first-order chi connectivity index (χ1) is 11.0. The van der Waals surface area contributed by atoms with E-state index in [1.54, 1.807) is 36.4 Å². The number of carbonyl (C=O) groups is 1. The molecular weight excluding hydrogens is 314 g/mol. The van der Waals surface area contributed by atoms with E-state index in [0.29, 0.717) is 5.56 Å². The third kappa shape index (κ3) is 3.12. The molecule has 1 amide bonds. The van der Waals surface area contributed by atoms with Gasteiger partial charge in [0.15, 0.2) is 5.76 Å². The Balaban J connectivity index is 1.98. The fourth-order valence-electron chi connectivity index (χ4n) is 2.32. The Labute approximate surface area is 134 Å². The van der Waals surface area contributed by atoms with Gasteiger partial charge >= 0.3 is 10.1 Å². The largest absolute Gasteiger partial charge is 0.381 e. The van der Waals surface area contributed by atoms with Crippen molar-refractivity contribution in [2.45, 2.75) is 11.8 Å². The standard InChI is InChI=1S/C17H15NO4S/c1-12-7-9-14(10-8-12)23(20,21)22-15-11-18-17(19)16(15)13-5-3-2-4-6-13/h2-10H,11H2,1H3,(H,18,19). The summed E-state index contributed by atoms with van der Waals surface area (Å²) in [6.45, 7) is 1.92. The van der Waals surface area contributed by atoms with Crippen molar-refractivity contribution < 1.29 is 17.4 Å². The lowest BCUT2D eigenvalue weighted by molar-refractivity contribution is -0.114. The monoisotopic (exact) mass is 329 g/mol. The Morgan fingerprint density at radius 2 is 1.65 bits per heavy atom. The summed E-state index contributed by atoms with van der Waals surface area (Å²) in [5.74, 6) is -0.230. The van der Waals surface area contributed by atoms with Crippen LogP contribution in [0.5, 0.6) is 0 Å². The third-order valence-electron chi connectivity index (χ3n) is 3.50. The molecule has 0 atom stereocenters. The van der Waals surface area contributed by atoms with Crippen molar-refractivity contribution in [3.05, 3.63) is 71.5 Å². The van der Waals surface area contributed by atoms with Crippen LogP contribution in [0.15, 0.2) is 65.3 Å². The molecule has 0 aliphatic carbocycles. The molecule has 6 heteroatoms. The van der Waals surface area contributed by atoms with Gasteiger partial charge in [-0.2, -0.15) is 8.42 Å². The molecule has 0 radical (unpaired) electrons. The smallest absolute Gasteiger partial charge is 0.338 e. The first kappa shape index (κ1) is 15.3. The van der Waals surface area contributed by atoms with Gasteiger partial charge in [0.05, 0.1) is 12.1 Å². The third-order valence-corrected chi connectivity index (χ3v) is 4.77. The molecular formula is C17H15NO4S. The summed E-state index contributed by atoms with van der Waals surface area (Å²) < 4.78 is 30.0. The molecule has 0 saturated heterocycles. The second kappa shape index (κ2) is 5.89. The van der Waals surface area contributed by atoms with E-state index in [2.05, 4.69) is 5.32 Å². The number of carbonyl (C=O) groups excluding carboxylic acids is 1. The number of amides is 1. The molecule has 0 unspecified atom stereocenters. The van der Waals surface area contributed by atoms with E-state index in [-0.39, 0.29) is 28.7 Å². The summed E-state index contributed by atoms with van der Waals surface area (Å²) in [6.07, 6.45) is 0. The van der Waals surface area contributed by atoms with Crippen LogP contribution in [0.1, 0.15) is 11.1 Å². The number of hydrogen-bond acceptors (Lipinski definition) is 4. The summed E-state index contributed by atoms with van der Waals surface area (Å²) in [6, 6.07) is 15.2. The van der Waals surface area contributed by atoms with Crippen molar-refractivity contribution in [3.8, 4) is 0 Å². The van der Waals surface area contributed by atoms with Crippen LogP contribution >= 0.6 is 0 Å². The molecule has 1 N–H and O–H groups in total. The molecule has 3 rings (SSSR count). The topological polar surface area (TPSA) is 72.5 Å². The highest BCUT2D eigenvalue weighted by Crippen LogP contribution is 2.27. The first-order valence-electron chi connectivity index (χ1n) is 7.05. The maximum absolute atomic E-state index is 12.4. The van der Waals surface area contributed by atoms with Crippen LogP contribution in [-0.2, 0) is 19.1 Å². The van der Waals surface area contributed by atoms with E-state index in [1.807, 2.05) is 13.0 Å². The molecule has 2 aromatic carbocycles. The van der Waals surface area contributed by atoms with Crippen LogP contribution in [0.25, 0.3) is 5.57 Å². The van der Waals surface area contributed by atoms with Crippen molar-refractivity contribution in [2.24, 2.45) is 0 Å². The fourth-order valence-corrected chi connectivity index (χ4v) is 3.29. The van der Waals surface area contributed by atoms with Crippen LogP contribution in [0.4, 0.5) is 0 Å². The summed E-state index contributed by atoms with van der Waals surface area (Å²) in [7, 11) is -3.97. The van der Waals surface area contributed by atoms with E-state index in [9.17, 15) is 13.2 Å². The summed E-state index contributed by atoms with van der Waals surface area (Å²) >= 11 is 0. The number of hydrogen-bond donors (Lipinski definition) is 1. The summed E-state index contributed by atoms with van der Waals surface area (Å²) in [5.41, 5.74) is 1.82. The van der Waals surface area contributed by atoms with Crippen LogP contribution < -0.4 is 5.32 Å². The van der Waals surface area contributed by atoms with Crippen LogP contribution in [0.2, 0.25) is 0 Å². The predicted molar refractivity (Wildman–Crippen MR) is 85.8 cm³/mol. The van der Waals surface area contributed by atoms with Gasteiger partial charge in [-0.3, -0.25) is 4.79 Å². The zero-order valence-corrected chi connectivity index (χ0v) is 13.3. The van der Waals surface area contributed by atoms with Gasteiger partial charge in [-0.1, -0.05) is 48.0 Å².